The van der Waals surface area contributed by atoms with E-state index in [0.717, 1.165) is 0 Å². The van der Waals surface area contributed by atoms with Crippen molar-refractivity contribution in [2.45, 2.75) is 19.3 Å². The van der Waals surface area contributed by atoms with Crippen LogP contribution in [0.15, 0.2) is 84.9 Å². The van der Waals surface area contributed by atoms with Gasteiger partial charge >= 0.3 is 0 Å². The second-order valence-electron chi connectivity index (χ2n) is 5.86. The largest absolute Gasteiger partial charge is 0.300 e. The summed E-state index contributed by atoms with van der Waals surface area (Å²) in [5.74, 6) is 0.338. The van der Waals surface area contributed by atoms with Gasteiger partial charge < -0.3 is 0 Å². The third-order valence-electron chi connectivity index (χ3n) is 4.11. The van der Waals surface area contributed by atoms with Crippen LogP contribution in [0.3, 0.4) is 0 Å². The van der Waals surface area contributed by atoms with Crippen LogP contribution >= 0.6 is 0 Å². The predicted molar refractivity (Wildman–Crippen MR) is 95.5 cm³/mol. The summed E-state index contributed by atoms with van der Waals surface area (Å²) in [6.45, 7) is 1.66. The highest BCUT2D eigenvalue weighted by Crippen LogP contribution is 2.30. The SMILES string of the molecule is CC(=O)CC(c1ccccc1)c1ccc(-c2ccccc2)cc1. The molecule has 0 bridgehead atoms. The van der Waals surface area contributed by atoms with Gasteiger partial charge in [-0.25, -0.2) is 0 Å². The van der Waals surface area contributed by atoms with Gasteiger partial charge in [-0.3, -0.25) is 4.79 Å². The molecule has 3 rings (SSSR count). The van der Waals surface area contributed by atoms with E-state index in [-0.39, 0.29) is 11.7 Å². The van der Waals surface area contributed by atoms with Crippen molar-refractivity contribution in [3.05, 3.63) is 96.1 Å². The third kappa shape index (κ3) is 3.75. The van der Waals surface area contributed by atoms with Crippen LogP contribution < -0.4 is 0 Å². The lowest BCUT2D eigenvalue weighted by atomic mass is 9.86. The maximum absolute atomic E-state index is 11.7. The van der Waals surface area contributed by atoms with E-state index >= 15 is 0 Å². The van der Waals surface area contributed by atoms with E-state index in [1.54, 1.807) is 6.92 Å². The molecule has 1 nitrogen and oxygen atoms in total. The van der Waals surface area contributed by atoms with Crippen molar-refractivity contribution in [2.75, 3.05) is 0 Å². The summed E-state index contributed by atoms with van der Waals surface area (Å²) in [6.07, 6.45) is 0.536. The molecule has 0 aliphatic heterocycles. The number of rotatable bonds is 5. The first kappa shape index (κ1) is 15.2. The molecular weight excluding hydrogens is 280 g/mol. The van der Waals surface area contributed by atoms with E-state index in [0.29, 0.717) is 6.42 Å². The summed E-state index contributed by atoms with van der Waals surface area (Å²) in [7, 11) is 0. The highest BCUT2D eigenvalue weighted by atomic mass is 16.1. The topological polar surface area (TPSA) is 17.1 Å². The first-order valence-electron chi connectivity index (χ1n) is 7.94. The molecule has 0 amide bonds. The average Bonchev–Trinajstić information content (AvgIpc) is 2.61. The smallest absolute Gasteiger partial charge is 0.130 e. The average molecular weight is 300 g/mol. The molecule has 0 heterocycles. The predicted octanol–water partition coefficient (Wildman–Crippen LogP) is 5.46. The van der Waals surface area contributed by atoms with Gasteiger partial charge in [-0.15, -0.1) is 0 Å². The Labute approximate surface area is 137 Å². The van der Waals surface area contributed by atoms with Crippen LogP contribution in [0, 0.1) is 0 Å². The second kappa shape index (κ2) is 7.06. The number of Topliss-reactive ketones (excluding diaryl/α,β-unsaturated/α-hetero) is 1. The van der Waals surface area contributed by atoms with Gasteiger partial charge in [0.2, 0.25) is 0 Å². The number of ketones is 1. The molecule has 0 saturated carbocycles. The summed E-state index contributed by atoms with van der Waals surface area (Å²) in [5, 5.41) is 0. The Morgan fingerprint density at radius 2 is 1.17 bits per heavy atom. The van der Waals surface area contributed by atoms with Crippen LogP contribution in [0.5, 0.6) is 0 Å². The van der Waals surface area contributed by atoms with Crippen LogP contribution in [-0.4, -0.2) is 5.78 Å². The molecule has 0 spiro atoms. The quantitative estimate of drug-likeness (QED) is 0.611. The molecule has 0 saturated heterocycles. The summed E-state index contributed by atoms with van der Waals surface area (Å²) in [6, 6.07) is 29.2. The third-order valence-corrected chi connectivity index (χ3v) is 4.11. The van der Waals surface area contributed by atoms with Crippen molar-refractivity contribution in [1.29, 1.82) is 0 Å². The lowest BCUT2D eigenvalue weighted by Gasteiger charge is -2.17. The minimum Gasteiger partial charge on any atom is -0.300 e. The standard InChI is InChI=1S/C22H20O/c1-17(23)16-22(20-10-6-3-7-11-20)21-14-12-19(13-15-21)18-8-4-2-5-9-18/h2-15,22H,16H2,1H3. The Morgan fingerprint density at radius 1 is 0.696 bits per heavy atom. The molecular formula is C22H20O. The van der Waals surface area contributed by atoms with E-state index in [4.69, 9.17) is 0 Å². The van der Waals surface area contributed by atoms with Gasteiger partial charge in [-0.05, 0) is 29.2 Å². The van der Waals surface area contributed by atoms with Crippen molar-refractivity contribution < 1.29 is 4.79 Å². The highest BCUT2D eigenvalue weighted by molar-refractivity contribution is 5.77. The maximum Gasteiger partial charge on any atom is 0.130 e. The summed E-state index contributed by atoms with van der Waals surface area (Å²) >= 11 is 0. The van der Waals surface area contributed by atoms with Gasteiger partial charge in [0.25, 0.3) is 0 Å². The van der Waals surface area contributed by atoms with Gasteiger partial charge in [0, 0.05) is 12.3 Å². The van der Waals surface area contributed by atoms with Crippen molar-refractivity contribution in [1.82, 2.24) is 0 Å². The lowest BCUT2D eigenvalue weighted by Crippen LogP contribution is -2.06. The molecule has 0 aromatic heterocycles. The highest BCUT2D eigenvalue weighted by Gasteiger charge is 2.16. The molecule has 1 atom stereocenters. The van der Waals surface area contributed by atoms with Gasteiger partial charge in [0.1, 0.15) is 5.78 Å². The van der Waals surface area contributed by atoms with Gasteiger partial charge in [-0.1, -0.05) is 84.9 Å². The molecule has 1 unspecified atom stereocenters. The molecule has 0 N–H and O–H groups in total. The van der Waals surface area contributed by atoms with E-state index in [9.17, 15) is 4.79 Å². The van der Waals surface area contributed by atoms with Crippen molar-refractivity contribution in [3.63, 3.8) is 0 Å². The molecule has 114 valence electrons. The lowest BCUT2D eigenvalue weighted by molar-refractivity contribution is -0.117. The van der Waals surface area contributed by atoms with Gasteiger partial charge in [-0.2, -0.15) is 0 Å². The van der Waals surface area contributed by atoms with Crippen LogP contribution in [0.1, 0.15) is 30.4 Å². The molecule has 0 radical (unpaired) electrons. The van der Waals surface area contributed by atoms with Crippen molar-refractivity contribution >= 4 is 5.78 Å². The van der Waals surface area contributed by atoms with Crippen molar-refractivity contribution in [3.8, 4) is 11.1 Å². The zero-order valence-corrected chi connectivity index (χ0v) is 13.3. The maximum atomic E-state index is 11.7. The van der Waals surface area contributed by atoms with Crippen LogP contribution in [0.4, 0.5) is 0 Å². The van der Waals surface area contributed by atoms with Crippen LogP contribution in [0.2, 0.25) is 0 Å². The minimum absolute atomic E-state index is 0.124. The number of hydrogen-bond acceptors (Lipinski definition) is 1. The Kier molecular flexibility index (Phi) is 4.68. The summed E-state index contributed by atoms with van der Waals surface area (Å²) < 4.78 is 0. The number of carbonyl (C=O) groups excluding carboxylic acids is 1. The molecule has 3 aromatic rings. The van der Waals surface area contributed by atoms with E-state index in [2.05, 4.69) is 48.5 Å². The summed E-state index contributed by atoms with van der Waals surface area (Å²) in [4.78, 5) is 11.7. The number of benzene rings is 3. The molecule has 1 heteroatoms. The van der Waals surface area contributed by atoms with Crippen LogP contribution in [-0.2, 0) is 4.79 Å². The zero-order valence-electron chi connectivity index (χ0n) is 13.3. The fraction of sp³-hybridized carbons (Fsp3) is 0.136. The Morgan fingerprint density at radius 3 is 1.74 bits per heavy atom. The zero-order chi connectivity index (χ0) is 16.1. The molecule has 23 heavy (non-hydrogen) atoms. The van der Waals surface area contributed by atoms with E-state index < -0.39 is 0 Å². The van der Waals surface area contributed by atoms with Crippen molar-refractivity contribution in [2.24, 2.45) is 0 Å². The molecule has 3 aromatic carbocycles. The van der Waals surface area contributed by atoms with Gasteiger partial charge in [0.15, 0.2) is 0 Å². The minimum atomic E-state index is 0.124. The molecule has 0 fully saturated rings. The van der Waals surface area contributed by atoms with Gasteiger partial charge in [0.05, 0.1) is 0 Å². The Hall–Kier alpha value is -2.67. The molecule has 0 aliphatic carbocycles. The van der Waals surface area contributed by atoms with E-state index in [1.807, 2.05) is 36.4 Å². The Balaban J connectivity index is 1.93. The first-order chi connectivity index (χ1) is 11.2. The second-order valence-corrected chi connectivity index (χ2v) is 5.86. The number of hydrogen-bond donors (Lipinski definition) is 0. The number of carbonyl (C=O) groups is 1. The molecule has 0 aliphatic rings. The first-order valence-corrected chi connectivity index (χ1v) is 7.94. The van der Waals surface area contributed by atoms with E-state index in [1.165, 1.54) is 22.3 Å². The monoisotopic (exact) mass is 300 g/mol. The Bertz CT molecular complexity index is 758. The van der Waals surface area contributed by atoms with Crippen LogP contribution in [0.25, 0.3) is 11.1 Å². The fourth-order valence-corrected chi connectivity index (χ4v) is 2.94. The normalized spacial score (nSPS) is 11.9. The summed E-state index contributed by atoms with van der Waals surface area (Å²) in [5.41, 5.74) is 4.78. The fourth-order valence-electron chi connectivity index (χ4n) is 2.94.